The summed E-state index contributed by atoms with van der Waals surface area (Å²) in [6.45, 7) is 0. The van der Waals surface area contributed by atoms with Crippen molar-refractivity contribution in [2.75, 3.05) is 16.8 Å². The molecule has 1 aliphatic rings. The first-order chi connectivity index (χ1) is 11.0. The number of pyridine rings is 1. The van der Waals surface area contributed by atoms with Crippen LogP contribution in [0.1, 0.15) is 6.42 Å². The molecule has 1 aromatic heterocycles. The van der Waals surface area contributed by atoms with E-state index in [0.29, 0.717) is 23.6 Å². The van der Waals surface area contributed by atoms with Crippen LogP contribution in [0.5, 0.6) is 11.5 Å². The lowest BCUT2D eigenvalue weighted by molar-refractivity contribution is -0.119. The number of sulfone groups is 1. The van der Waals surface area contributed by atoms with Crippen LogP contribution in [0.25, 0.3) is 0 Å². The standard InChI is InChI=1S/C16H16N2O4S/c19-16(12-6-9-23(20,21)11-12)18-13-2-1-3-15(10-13)22-14-4-7-17-8-5-14/h1-5,7-8,10,12H,6,9,11H2,(H,18,19)/t12-/m1/s1. The third kappa shape index (κ3) is 4.07. The molecule has 1 atom stereocenters. The number of carbonyl (C=O) groups is 1. The maximum atomic E-state index is 12.1. The van der Waals surface area contributed by atoms with E-state index in [0.717, 1.165) is 0 Å². The Bertz CT molecular complexity index is 806. The van der Waals surface area contributed by atoms with Crippen molar-refractivity contribution in [3.8, 4) is 11.5 Å². The van der Waals surface area contributed by atoms with Gasteiger partial charge < -0.3 is 10.1 Å². The van der Waals surface area contributed by atoms with Crippen LogP contribution in [0.15, 0.2) is 48.8 Å². The predicted octanol–water partition coefficient (Wildman–Crippen LogP) is 2.25. The van der Waals surface area contributed by atoms with Crippen LogP contribution in [0, 0.1) is 5.92 Å². The zero-order valence-electron chi connectivity index (χ0n) is 12.3. The van der Waals surface area contributed by atoms with Gasteiger partial charge in [0.25, 0.3) is 0 Å². The summed E-state index contributed by atoms with van der Waals surface area (Å²) in [6, 6.07) is 10.4. The molecule has 0 bridgehead atoms. The highest BCUT2D eigenvalue weighted by atomic mass is 32.2. The lowest BCUT2D eigenvalue weighted by Gasteiger charge is -2.11. The van der Waals surface area contributed by atoms with E-state index in [1.165, 1.54) is 0 Å². The van der Waals surface area contributed by atoms with Crippen molar-refractivity contribution in [3.05, 3.63) is 48.8 Å². The summed E-state index contributed by atoms with van der Waals surface area (Å²) in [7, 11) is -3.07. The van der Waals surface area contributed by atoms with E-state index < -0.39 is 15.8 Å². The van der Waals surface area contributed by atoms with Gasteiger partial charge in [-0.1, -0.05) is 6.07 Å². The molecule has 23 heavy (non-hydrogen) atoms. The molecule has 1 N–H and O–H groups in total. The number of ether oxygens (including phenoxy) is 1. The third-order valence-corrected chi connectivity index (χ3v) is 5.36. The van der Waals surface area contributed by atoms with Crippen LogP contribution in [0.3, 0.4) is 0 Å². The second-order valence-corrected chi connectivity index (χ2v) is 7.63. The van der Waals surface area contributed by atoms with Gasteiger partial charge in [-0.2, -0.15) is 0 Å². The normalized spacial score (nSPS) is 19.2. The Morgan fingerprint density at radius 3 is 2.65 bits per heavy atom. The summed E-state index contributed by atoms with van der Waals surface area (Å²) >= 11 is 0. The molecule has 6 nitrogen and oxygen atoms in total. The number of benzene rings is 1. The van der Waals surface area contributed by atoms with Gasteiger partial charge in [0, 0.05) is 24.1 Å². The zero-order chi connectivity index (χ0) is 16.3. The SMILES string of the molecule is O=C(Nc1cccc(Oc2ccncc2)c1)[C@@H]1CCS(=O)(=O)C1. The third-order valence-electron chi connectivity index (χ3n) is 3.59. The number of nitrogens with one attached hydrogen (secondary N) is 1. The molecule has 1 fully saturated rings. The number of amides is 1. The number of rotatable bonds is 4. The summed E-state index contributed by atoms with van der Waals surface area (Å²) in [5, 5.41) is 2.75. The fraction of sp³-hybridized carbons (Fsp3) is 0.250. The number of aromatic nitrogens is 1. The van der Waals surface area contributed by atoms with E-state index in [-0.39, 0.29) is 17.4 Å². The molecule has 2 heterocycles. The van der Waals surface area contributed by atoms with Gasteiger partial charge in [0.2, 0.25) is 5.91 Å². The summed E-state index contributed by atoms with van der Waals surface area (Å²) < 4.78 is 28.6. The van der Waals surface area contributed by atoms with E-state index in [2.05, 4.69) is 10.3 Å². The Kier molecular flexibility index (Phi) is 4.29. The maximum Gasteiger partial charge on any atom is 0.228 e. The van der Waals surface area contributed by atoms with E-state index in [4.69, 9.17) is 4.74 Å². The molecule has 1 amide bonds. The average molecular weight is 332 g/mol. The van der Waals surface area contributed by atoms with Crippen LogP contribution < -0.4 is 10.1 Å². The van der Waals surface area contributed by atoms with E-state index >= 15 is 0 Å². The van der Waals surface area contributed by atoms with Crippen LogP contribution in [-0.4, -0.2) is 30.8 Å². The molecule has 7 heteroatoms. The number of hydrogen-bond donors (Lipinski definition) is 1. The number of carbonyl (C=O) groups excluding carboxylic acids is 1. The smallest absolute Gasteiger partial charge is 0.228 e. The van der Waals surface area contributed by atoms with Crippen LogP contribution in [0.4, 0.5) is 5.69 Å². The molecule has 3 rings (SSSR count). The topological polar surface area (TPSA) is 85.4 Å². The van der Waals surface area contributed by atoms with Gasteiger partial charge in [0.1, 0.15) is 11.5 Å². The first kappa shape index (κ1) is 15.5. The number of nitrogens with zero attached hydrogens (tertiary/aromatic N) is 1. The van der Waals surface area contributed by atoms with Crippen molar-refractivity contribution >= 4 is 21.4 Å². The molecule has 1 aliphatic heterocycles. The van der Waals surface area contributed by atoms with E-state index in [1.807, 2.05) is 0 Å². The Morgan fingerprint density at radius 2 is 1.96 bits per heavy atom. The molecule has 0 radical (unpaired) electrons. The second-order valence-electron chi connectivity index (χ2n) is 5.40. The molecule has 120 valence electrons. The quantitative estimate of drug-likeness (QED) is 0.928. The van der Waals surface area contributed by atoms with Crippen molar-refractivity contribution in [2.45, 2.75) is 6.42 Å². The van der Waals surface area contributed by atoms with Gasteiger partial charge in [0.15, 0.2) is 9.84 Å². The first-order valence-corrected chi connectivity index (χ1v) is 9.03. The van der Waals surface area contributed by atoms with Crippen molar-refractivity contribution in [1.82, 2.24) is 4.98 Å². The highest BCUT2D eigenvalue weighted by molar-refractivity contribution is 7.91. The fourth-order valence-electron chi connectivity index (χ4n) is 2.43. The Morgan fingerprint density at radius 1 is 1.17 bits per heavy atom. The largest absolute Gasteiger partial charge is 0.457 e. The van der Waals surface area contributed by atoms with Crippen molar-refractivity contribution in [1.29, 1.82) is 0 Å². The number of anilines is 1. The van der Waals surface area contributed by atoms with Crippen molar-refractivity contribution < 1.29 is 17.9 Å². The maximum absolute atomic E-state index is 12.1. The minimum absolute atomic E-state index is 0.0773. The fourth-order valence-corrected chi connectivity index (χ4v) is 4.17. The minimum Gasteiger partial charge on any atom is -0.457 e. The summed E-state index contributed by atoms with van der Waals surface area (Å²) in [6.07, 6.45) is 3.63. The molecule has 0 saturated carbocycles. The van der Waals surface area contributed by atoms with Gasteiger partial charge in [-0.15, -0.1) is 0 Å². The first-order valence-electron chi connectivity index (χ1n) is 7.21. The van der Waals surface area contributed by atoms with Gasteiger partial charge in [0.05, 0.1) is 17.4 Å². The molecular weight excluding hydrogens is 316 g/mol. The summed E-state index contributed by atoms with van der Waals surface area (Å²) in [5.41, 5.74) is 0.575. The lowest BCUT2D eigenvalue weighted by Crippen LogP contribution is -2.23. The predicted molar refractivity (Wildman–Crippen MR) is 86.1 cm³/mol. The summed E-state index contributed by atoms with van der Waals surface area (Å²) in [4.78, 5) is 16.1. The molecule has 1 saturated heterocycles. The Balaban J connectivity index is 1.67. The highest BCUT2D eigenvalue weighted by Crippen LogP contribution is 2.25. The van der Waals surface area contributed by atoms with E-state index in [9.17, 15) is 13.2 Å². The molecule has 0 aliphatic carbocycles. The minimum atomic E-state index is -3.07. The monoisotopic (exact) mass is 332 g/mol. The van der Waals surface area contributed by atoms with Crippen LogP contribution in [0.2, 0.25) is 0 Å². The van der Waals surface area contributed by atoms with Gasteiger partial charge in [-0.25, -0.2) is 8.42 Å². The average Bonchev–Trinajstić information content (AvgIpc) is 2.89. The van der Waals surface area contributed by atoms with Gasteiger partial charge in [-0.05, 0) is 30.7 Å². The number of hydrogen-bond acceptors (Lipinski definition) is 5. The Labute approximate surface area is 134 Å². The van der Waals surface area contributed by atoms with Crippen LogP contribution in [-0.2, 0) is 14.6 Å². The lowest BCUT2D eigenvalue weighted by atomic mass is 10.1. The highest BCUT2D eigenvalue weighted by Gasteiger charge is 2.32. The Hall–Kier alpha value is -2.41. The molecule has 0 spiro atoms. The molecule has 0 unspecified atom stereocenters. The van der Waals surface area contributed by atoms with Crippen LogP contribution >= 0.6 is 0 Å². The zero-order valence-corrected chi connectivity index (χ0v) is 13.1. The summed E-state index contributed by atoms with van der Waals surface area (Å²) in [5.74, 6) is 0.470. The van der Waals surface area contributed by atoms with Crippen molar-refractivity contribution in [2.24, 2.45) is 5.92 Å². The molecule has 1 aromatic carbocycles. The van der Waals surface area contributed by atoms with Crippen molar-refractivity contribution in [3.63, 3.8) is 0 Å². The second kappa shape index (κ2) is 6.37. The van der Waals surface area contributed by atoms with E-state index in [1.54, 1.807) is 48.8 Å². The molecule has 2 aromatic rings. The van der Waals surface area contributed by atoms with Gasteiger partial charge in [-0.3, -0.25) is 9.78 Å². The van der Waals surface area contributed by atoms with Gasteiger partial charge >= 0.3 is 0 Å². The molecular formula is C16H16N2O4S.